The minimum Gasteiger partial charge on any atom is -0.336 e. The van der Waals surface area contributed by atoms with E-state index in [9.17, 15) is 9.59 Å². The number of benzene rings is 1. The third-order valence-corrected chi connectivity index (χ3v) is 6.65. The molecule has 1 aliphatic heterocycles. The molecule has 156 valence electrons. The van der Waals surface area contributed by atoms with E-state index in [1.54, 1.807) is 11.3 Å². The third kappa shape index (κ3) is 4.41. The van der Waals surface area contributed by atoms with Crippen molar-refractivity contribution in [3.05, 3.63) is 47.3 Å². The van der Waals surface area contributed by atoms with Crippen molar-refractivity contribution in [2.45, 2.75) is 31.3 Å². The van der Waals surface area contributed by atoms with E-state index >= 15 is 0 Å². The number of aromatic nitrogens is 3. The van der Waals surface area contributed by atoms with Crippen LogP contribution in [0.15, 0.2) is 46.9 Å². The summed E-state index contributed by atoms with van der Waals surface area (Å²) in [5, 5.41) is 14.0. The zero-order chi connectivity index (χ0) is 20.9. The van der Waals surface area contributed by atoms with Crippen LogP contribution >= 0.6 is 23.1 Å². The van der Waals surface area contributed by atoms with Crippen LogP contribution in [-0.4, -0.2) is 50.4 Å². The van der Waals surface area contributed by atoms with Crippen molar-refractivity contribution in [3.63, 3.8) is 0 Å². The minimum absolute atomic E-state index is 0.130. The average Bonchev–Trinajstić information content (AvgIpc) is 3.51. The van der Waals surface area contributed by atoms with Crippen molar-refractivity contribution in [1.82, 2.24) is 25.0 Å². The molecular weight excluding hydrogens is 418 g/mol. The van der Waals surface area contributed by atoms with Crippen molar-refractivity contribution in [1.29, 1.82) is 0 Å². The van der Waals surface area contributed by atoms with Crippen LogP contribution in [-0.2, 0) is 11.2 Å². The molecule has 30 heavy (non-hydrogen) atoms. The van der Waals surface area contributed by atoms with Gasteiger partial charge in [-0.1, -0.05) is 43.3 Å². The first-order valence-corrected chi connectivity index (χ1v) is 11.8. The molecule has 3 aromatic rings. The van der Waals surface area contributed by atoms with Crippen LogP contribution in [0.3, 0.4) is 0 Å². The zero-order valence-electron chi connectivity index (χ0n) is 16.7. The lowest BCUT2D eigenvalue weighted by Crippen LogP contribution is -2.35. The van der Waals surface area contributed by atoms with Gasteiger partial charge in [0.2, 0.25) is 5.91 Å². The lowest BCUT2D eigenvalue weighted by atomic mass is 10.1. The maximum absolute atomic E-state index is 12.4. The topological polar surface area (TPSA) is 80.1 Å². The van der Waals surface area contributed by atoms with E-state index in [0.29, 0.717) is 18.2 Å². The van der Waals surface area contributed by atoms with Crippen molar-refractivity contribution in [3.8, 4) is 16.4 Å². The number of nitrogens with one attached hydrogen (secondary N) is 1. The van der Waals surface area contributed by atoms with Crippen molar-refractivity contribution in [2.24, 2.45) is 0 Å². The van der Waals surface area contributed by atoms with Gasteiger partial charge in [0.25, 0.3) is 0 Å². The second kappa shape index (κ2) is 9.44. The van der Waals surface area contributed by atoms with Crippen molar-refractivity contribution < 1.29 is 9.59 Å². The molecule has 9 heteroatoms. The van der Waals surface area contributed by atoms with Gasteiger partial charge < -0.3 is 5.32 Å². The summed E-state index contributed by atoms with van der Waals surface area (Å²) < 4.78 is 1.98. The minimum atomic E-state index is -0.330. The normalized spacial score (nSPS) is 13.6. The summed E-state index contributed by atoms with van der Waals surface area (Å²) in [5.41, 5.74) is 2.26. The molecular formula is C21H23N5O2S2. The Hall–Kier alpha value is -2.65. The molecule has 3 amide bonds. The fourth-order valence-corrected chi connectivity index (χ4v) is 4.79. The Kier molecular flexibility index (Phi) is 6.49. The summed E-state index contributed by atoms with van der Waals surface area (Å²) in [6.07, 6.45) is 3.39. The van der Waals surface area contributed by atoms with E-state index in [1.807, 2.05) is 22.1 Å². The van der Waals surface area contributed by atoms with Gasteiger partial charge in [0.1, 0.15) is 0 Å². The molecule has 0 unspecified atom stereocenters. The Morgan fingerprint density at radius 3 is 2.73 bits per heavy atom. The number of hydrogen-bond donors (Lipinski definition) is 1. The summed E-state index contributed by atoms with van der Waals surface area (Å²) in [4.78, 5) is 26.4. The van der Waals surface area contributed by atoms with E-state index in [4.69, 9.17) is 0 Å². The fraction of sp³-hybridized carbons (Fsp3) is 0.333. The average molecular weight is 442 g/mol. The number of urea groups is 1. The standard InChI is InChI=1S/C21H23N5O2S2/c1-2-3-5-15-7-9-16(10-8-15)26-19(17-6-4-13-29-17)23-24-21(26)30-14-18(27)25-12-11-22-20(25)28/h4,6-10,13H,2-3,5,11-12,14H2,1H3,(H,22,28). The highest BCUT2D eigenvalue weighted by Gasteiger charge is 2.27. The molecule has 0 saturated carbocycles. The van der Waals surface area contributed by atoms with Crippen LogP contribution in [0.4, 0.5) is 4.79 Å². The quantitative estimate of drug-likeness (QED) is 0.535. The lowest BCUT2D eigenvalue weighted by Gasteiger charge is -2.13. The summed E-state index contributed by atoms with van der Waals surface area (Å²) >= 11 is 2.89. The Morgan fingerprint density at radius 1 is 1.23 bits per heavy atom. The Labute approximate surface area is 183 Å². The molecule has 0 atom stereocenters. The van der Waals surface area contributed by atoms with Gasteiger partial charge in [0.05, 0.1) is 10.6 Å². The van der Waals surface area contributed by atoms with E-state index in [-0.39, 0.29) is 17.7 Å². The van der Waals surface area contributed by atoms with E-state index < -0.39 is 0 Å². The number of carbonyl (C=O) groups is 2. The number of amides is 3. The maximum atomic E-state index is 12.4. The molecule has 0 spiro atoms. The zero-order valence-corrected chi connectivity index (χ0v) is 18.3. The van der Waals surface area contributed by atoms with Crippen LogP contribution in [0, 0.1) is 0 Å². The number of carbonyl (C=O) groups excluding carboxylic acids is 2. The molecule has 0 aliphatic carbocycles. The van der Waals surface area contributed by atoms with Crippen LogP contribution in [0.5, 0.6) is 0 Å². The van der Waals surface area contributed by atoms with Crippen LogP contribution in [0.25, 0.3) is 16.4 Å². The number of hydrogen-bond acceptors (Lipinski definition) is 6. The highest BCUT2D eigenvalue weighted by atomic mass is 32.2. The number of unbranched alkanes of at least 4 members (excludes halogenated alkanes) is 1. The maximum Gasteiger partial charge on any atom is 0.324 e. The van der Waals surface area contributed by atoms with E-state index in [0.717, 1.165) is 22.8 Å². The number of aryl methyl sites for hydroxylation is 1. The Bertz CT molecular complexity index is 1010. The fourth-order valence-electron chi connectivity index (χ4n) is 3.27. The molecule has 4 rings (SSSR count). The van der Waals surface area contributed by atoms with Gasteiger partial charge in [0.15, 0.2) is 11.0 Å². The van der Waals surface area contributed by atoms with Gasteiger partial charge >= 0.3 is 6.03 Å². The first-order valence-electron chi connectivity index (χ1n) is 9.97. The van der Waals surface area contributed by atoms with Gasteiger partial charge in [-0.2, -0.15) is 0 Å². The van der Waals surface area contributed by atoms with Crippen LogP contribution in [0.1, 0.15) is 25.3 Å². The van der Waals surface area contributed by atoms with E-state index in [1.165, 1.54) is 35.1 Å². The van der Waals surface area contributed by atoms with Gasteiger partial charge in [-0.25, -0.2) is 4.79 Å². The second-order valence-electron chi connectivity index (χ2n) is 6.95. The summed E-state index contributed by atoms with van der Waals surface area (Å²) in [6, 6.07) is 12.1. The van der Waals surface area contributed by atoms with Gasteiger partial charge in [-0.3, -0.25) is 14.3 Å². The number of thiophene rings is 1. The molecule has 0 radical (unpaired) electrons. The summed E-state index contributed by atoms with van der Waals surface area (Å²) in [5.74, 6) is 0.655. The van der Waals surface area contributed by atoms with E-state index in [2.05, 4.69) is 46.7 Å². The molecule has 1 fully saturated rings. The first kappa shape index (κ1) is 20.6. The monoisotopic (exact) mass is 441 g/mol. The predicted octanol–water partition coefficient (Wildman–Crippen LogP) is 3.98. The van der Waals surface area contributed by atoms with Crippen molar-refractivity contribution >= 4 is 35.0 Å². The van der Waals surface area contributed by atoms with Gasteiger partial charge in [-0.15, -0.1) is 21.5 Å². The van der Waals surface area contributed by atoms with Gasteiger partial charge in [-0.05, 0) is 42.0 Å². The smallest absolute Gasteiger partial charge is 0.324 e. The lowest BCUT2D eigenvalue weighted by molar-refractivity contribution is -0.124. The number of rotatable bonds is 8. The molecule has 7 nitrogen and oxygen atoms in total. The SMILES string of the molecule is CCCCc1ccc(-n2c(SCC(=O)N3CCNC3=O)nnc2-c2cccs2)cc1. The van der Waals surface area contributed by atoms with Gasteiger partial charge in [0, 0.05) is 18.8 Å². The number of imide groups is 1. The molecule has 3 heterocycles. The Balaban J connectivity index is 1.59. The van der Waals surface area contributed by atoms with Crippen LogP contribution in [0.2, 0.25) is 0 Å². The third-order valence-electron chi connectivity index (χ3n) is 4.87. The molecule has 1 N–H and O–H groups in total. The van der Waals surface area contributed by atoms with Crippen LogP contribution < -0.4 is 5.32 Å². The summed E-state index contributed by atoms with van der Waals surface area (Å²) in [6.45, 7) is 3.10. The highest BCUT2D eigenvalue weighted by Crippen LogP contribution is 2.30. The molecule has 0 bridgehead atoms. The Morgan fingerprint density at radius 2 is 2.07 bits per heavy atom. The molecule has 2 aromatic heterocycles. The largest absolute Gasteiger partial charge is 0.336 e. The summed E-state index contributed by atoms with van der Waals surface area (Å²) in [7, 11) is 0. The molecule has 1 aliphatic rings. The molecule has 1 saturated heterocycles. The second-order valence-corrected chi connectivity index (χ2v) is 8.85. The van der Waals surface area contributed by atoms with Crippen molar-refractivity contribution in [2.75, 3.05) is 18.8 Å². The molecule has 1 aromatic carbocycles. The highest BCUT2D eigenvalue weighted by molar-refractivity contribution is 7.99. The number of thioether (sulfide) groups is 1. The predicted molar refractivity (Wildman–Crippen MR) is 119 cm³/mol. The number of nitrogens with zero attached hydrogens (tertiary/aromatic N) is 4. The first-order chi connectivity index (χ1) is 14.7.